The van der Waals surface area contributed by atoms with Gasteiger partial charge in [0.2, 0.25) is 0 Å². The van der Waals surface area contributed by atoms with Gasteiger partial charge in [-0.2, -0.15) is 0 Å². The van der Waals surface area contributed by atoms with Crippen molar-refractivity contribution in [1.82, 2.24) is 0 Å². The van der Waals surface area contributed by atoms with Crippen LogP contribution in [0.15, 0.2) is 57.7 Å². The van der Waals surface area contributed by atoms with Crippen molar-refractivity contribution in [2.45, 2.75) is 13.0 Å². The third kappa shape index (κ3) is 3.71. The van der Waals surface area contributed by atoms with Crippen molar-refractivity contribution in [3.8, 4) is 11.1 Å². The Labute approximate surface area is 156 Å². The Morgan fingerprint density at radius 2 is 1.93 bits per heavy atom. The minimum atomic E-state index is -0.991. The number of ether oxygens (including phenoxy) is 1. The lowest BCUT2D eigenvalue weighted by Gasteiger charge is -2.26. The number of benzene rings is 2. The maximum Gasteiger partial charge on any atom is 0.336 e. The summed E-state index contributed by atoms with van der Waals surface area (Å²) in [7, 11) is 3.12. The zero-order valence-electron chi connectivity index (χ0n) is 15.4. The number of fused-ring (bicyclic) bond motifs is 1. The standard InChI is InChI=1S/C21H21NO5/c1-13-6-4-5-7-15(13)17-11-20(23)27-19-10-14(8-9-16(17)19)22(2)18(12-26-3)21(24)25/h4-11,18H,12H2,1-3H3,(H,24,25)/t18-/m0/s1. The number of aliphatic carboxylic acids is 1. The van der Waals surface area contributed by atoms with Crippen molar-refractivity contribution in [1.29, 1.82) is 0 Å². The number of methoxy groups -OCH3 is 1. The number of likely N-dealkylation sites (N-methyl/N-ethyl adjacent to an activating group) is 1. The van der Waals surface area contributed by atoms with Crippen LogP contribution in [0.2, 0.25) is 0 Å². The van der Waals surface area contributed by atoms with E-state index in [1.165, 1.54) is 13.2 Å². The fraction of sp³-hybridized carbons (Fsp3) is 0.238. The normalized spacial score (nSPS) is 12.1. The summed E-state index contributed by atoms with van der Waals surface area (Å²) in [4.78, 5) is 25.2. The van der Waals surface area contributed by atoms with Crippen molar-refractivity contribution in [3.63, 3.8) is 0 Å². The zero-order valence-corrected chi connectivity index (χ0v) is 15.4. The highest BCUT2D eigenvalue weighted by atomic mass is 16.5. The summed E-state index contributed by atoms with van der Waals surface area (Å²) in [6.07, 6.45) is 0. The smallest absolute Gasteiger partial charge is 0.336 e. The lowest BCUT2D eigenvalue weighted by molar-refractivity contribution is -0.139. The first kappa shape index (κ1) is 18.7. The van der Waals surface area contributed by atoms with Gasteiger partial charge in [0.1, 0.15) is 5.58 Å². The van der Waals surface area contributed by atoms with E-state index in [0.29, 0.717) is 11.3 Å². The number of carboxylic acids is 1. The highest BCUT2D eigenvalue weighted by Gasteiger charge is 2.23. The summed E-state index contributed by atoms with van der Waals surface area (Å²) in [6, 6.07) is 13.8. The van der Waals surface area contributed by atoms with E-state index in [-0.39, 0.29) is 6.61 Å². The fourth-order valence-electron chi connectivity index (χ4n) is 3.16. The number of carboxylic acid groups (broad SMARTS) is 1. The number of hydrogen-bond acceptors (Lipinski definition) is 5. The molecule has 3 rings (SSSR count). The third-order valence-electron chi connectivity index (χ3n) is 4.65. The zero-order chi connectivity index (χ0) is 19.6. The maximum absolute atomic E-state index is 12.1. The van der Waals surface area contributed by atoms with Gasteiger partial charge in [-0.25, -0.2) is 9.59 Å². The SMILES string of the molecule is COC[C@@H](C(=O)O)N(C)c1ccc2c(-c3ccccc3C)cc(=O)oc2c1. The second-order valence-electron chi connectivity index (χ2n) is 6.39. The van der Waals surface area contributed by atoms with Crippen LogP contribution in [0.25, 0.3) is 22.1 Å². The maximum atomic E-state index is 12.1. The first-order valence-electron chi connectivity index (χ1n) is 8.51. The van der Waals surface area contributed by atoms with E-state index in [9.17, 15) is 14.7 Å². The Bertz CT molecular complexity index is 1040. The van der Waals surface area contributed by atoms with Gasteiger partial charge in [0.25, 0.3) is 0 Å². The van der Waals surface area contributed by atoms with Gasteiger partial charge in [-0.3, -0.25) is 0 Å². The summed E-state index contributed by atoms with van der Waals surface area (Å²) >= 11 is 0. The summed E-state index contributed by atoms with van der Waals surface area (Å²) in [5, 5.41) is 10.2. The Morgan fingerprint density at radius 1 is 1.19 bits per heavy atom. The van der Waals surface area contributed by atoms with Crippen molar-refractivity contribution in [2.75, 3.05) is 25.7 Å². The summed E-state index contributed by atoms with van der Waals surface area (Å²) in [5.41, 5.74) is 3.38. The van der Waals surface area contributed by atoms with Crippen LogP contribution in [-0.4, -0.2) is 37.9 Å². The third-order valence-corrected chi connectivity index (χ3v) is 4.65. The Hall–Kier alpha value is -3.12. The van der Waals surface area contributed by atoms with Crippen molar-refractivity contribution < 1.29 is 19.1 Å². The Morgan fingerprint density at radius 3 is 2.59 bits per heavy atom. The lowest BCUT2D eigenvalue weighted by atomic mass is 9.98. The van der Waals surface area contributed by atoms with E-state index in [2.05, 4.69) is 0 Å². The van der Waals surface area contributed by atoms with Gasteiger partial charge in [0.05, 0.1) is 6.61 Å². The number of hydrogen-bond donors (Lipinski definition) is 1. The lowest BCUT2D eigenvalue weighted by Crippen LogP contribution is -2.41. The molecule has 0 bridgehead atoms. The van der Waals surface area contributed by atoms with Crippen LogP contribution in [0.1, 0.15) is 5.56 Å². The molecule has 0 fully saturated rings. The molecule has 3 aromatic rings. The minimum absolute atomic E-state index is 0.0388. The van der Waals surface area contributed by atoms with Gasteiger partial charge in [-0.15, -0.1) is 0 Å². The van der Waals surface area contributed by atoms with E-state index < -0.39 is 17.6 Å². The molecule has 140 valence electrons. The van der Waals surface area contributed by atoms with E-state index >= 15 is 0 Å². The van der Waals surface area contributed by atoms with Crippen molar-refractivity contribution in [3.05, 3.63) is 64.5 Å². The van der Waals surface area contributed by atoms with Crippen LogP contribution in [0.3, 0.4) is 0 Å². The first-order chi connectivity index (χ1) is 12.9. The largest absolute Gasteiger partial charge is 0.480 e. The molecule has 0 unspecified atom stereocenters. The highest BCUT2D eigenvalue weighted by Crippen LogP contribution is 2.31. The first-order valence-corrected chi connectivity index (χ1v) is 8.51. The molecule has 0 aliphatic rings. The molecule has 1 aromatic heterocycles. The van der Waals surface area contributed by atoms with Crippen LogP contribution >= 0.6 is 0 Å². The van der Waals surface area contributed by atoms with Gasteiger partial charge in [-0.05, 0) is 30.2 Å². The molecular formula is C21H21NO5. The quantitative estimate of drug-likeness (QED) is 0.674. The van der Waals surface area contributed by atoms with E-state index in [1.54, 1.807) is 18.0 Å². The van der Waals surface area contributed by atoms with Crippen LogP contribution in [0.5, 0.6) is 0 Å². The Balaban J connectivity index is 2.13. The van der Waals surface area contributed by atoms with Gasteiger partial charge in [0, 0.05) is 42.9 Å². The molecule has 0 amide bonds. The van der Waals surface area contributed by atoms with Crippen molar-refractivity contribution in [2.24, 2.45) is 0 Å². The van der Waals surface area contributed by atoms with E-state index in [0.717, 1.165) is 22.1 Å². The molecule has 6 heteroatoms. The molecule has 0 spiro atoms. The molecule has 27 heavy (non-hydrogen) atoms. The predicted octanol–water partition coefficient (Wildman–Crippen LogP) is 3.30. The number of aryl methyl sites for hydroxylation is 1. The molecule has 2 aromatic carbocycles. The Kier molecular flexibility index (Phi) is 5.28. The van der Waals surface area contributed by atoms with Gasteiger partial charge in [-0.1, -0.05) is 24.3 Å². The van der Waals surface area contributed by atoms with Gasteiger partial charge in [0.15, 0.2) is 6.04 Å². The number of carbonyl (C=O) groups is 1. The second-order valence-corrected chi connectivity index (χ2v) is 6.39. The number of anilines is 1. The molecule has 0 saturated carbocycles. The second kappa shape index (κ2) is 7.63. The average molecular weight is 367 g/mol. The van der Waals surface area contributed by atoms with E-state index in [4.69, 9.17) is 9.15 Å². The van der Waals surface area contributed by atoms with Crippen LogP contribution < -0.4 is 10.5 Å². The monoisotopic (exact) mass is 367 g/mol. The number of rotatable bonds is 6. The topological polar surface area (TPSA) is 80.0 Å². The average Bonchev–Trinajstić information content (AvgIpc) is 2.64. The molecule has 1 heterocycles. The summed E-state index contributed by atoms with van der Waals surface area (Å²) < 4.78 is 10.4. The molecule has 0 radical (unpaired) electrons. The predicted molar refractivity (Wildman–Crippen MR) is 104 cm³/mol. The molecule has 1 atom stereocenters. The summed E-state index contributed by atoms with van der Waals surface area (Å²) in [6.45, 7) is 2.03. The molecular weight excluding hydrogens is 346 g/mol. The van der Waals surface area contributed by atoms with Crippen LogP contribution in [0.4, 0.5) is 5.69 Å². The molecule has 0 saturated heterocycles. The van der Waals surface area contributed by atoms with E-state index in [1.807, 2.05) is 43.3 Å². The molecule has 6 nitrogen and oxygen atoms in total. The van der Waals surface area contributed by atoms with Crippen LogP contribution in [0, 0.1) is 6.92 Å². The van der Waals surface area contributed by atoms with Crippen LogP contribution in [-0.2, 0) is 9.53 Å². The highest BCUT2D eigenvalue weighted by molar-refractivity contribution is 5.95. The molecule has 1 N–H and O–H groups in total. The van der Waals surface area contributed by atoms with Gasteiger partial charge < -0.3 is 19.2 Å². The minimum Gasteiger partial charge on any atom is -0.480 e. The fourth-order valence-corrected chi connectivity index (χ4v) is 3.16. The number of nitrogens with zero attached hydrogens (tertiary/aromatic N) is 1. The molecule has 0 aliphatic carbocycles. The molecule has 0 aliphatic heterocycles. The summed E-state index contributed by atoms with van der Waals surface area (Å²) in [5.74, 6) is -0.991. The van der Waals surface area contributed by atoms with Gasteiger partial charge >= 0.3 is 11.6 Å². The van der Waals surface area contributed by atoms with Crippen molar-refractivity contribution >= 4 is 22.6 Å².